The largest absolute Gasteiger partial charge is 0.326 e. The van der Waals surface area contributed by atoms with Gasteiger partial charge >= 0.3 is 0 Å². The van der Waals surface area contributed by atoms with Gasteiger partial charge in [-0.2, -0.15) is 0 Å². The van der Waals surface area contributed by atoms with E-state index < -0.39 is 0 Å². The van der Waals surface area contributed by atoms with E-state index in [2.05, 4.69) is 9.97 Å². The number of nitrogens with two attached hydrogens (primary N) is 1. The summed E-state index contributed by atoms with van der Waals surface area (Å²) in [7, 11) is 0. The van der Waals surface area contributed by atoms with Crippen molar-refractivity contribution in [2.24, 2.45) is 5.73 Å². The topological polar surface area (TPSA) is 51.8 Å². The Hall–Kier alpha value is -1.46. The fraction of sp³-hybridized carbons (Fsp3) is 0.0909. The monoisotopic (exact) mass is 235 g/mol. The molecule has 0 aliphatic heterocycles. The smallest absolute Gasteiger partial charge is 0.123 e. The van der Waals surface area contributed by atoms with Crippen LogP contribution >= 0.6 is 11.8 Å². The molecule has 0 bridgehead atoms. The molecule has 0 aliphatic rings. The molecule has 0 spiro atoms. The first-order valence-electron chi connectivity index (χ1n) is 4.72. The van der Waals surface area contributed by atoms with E-state index in [4.69, 9.17) is 5.73 Å². The molecule has 1 aromatic carbocycles. The molecule has 0 aliphatic carbocycles. The van der Waals surface area contributed by atoms with E-state index in [1.54, 1.807) is 18.3 Å². The zero-order valence-corrected chi connectivity index (χ0v) is 9.25. The molecule has 5 heteroatoms. The molecule has 0 radical (unpaired) electrons. The zero-order chi connectivity index (χ0) is 11.4. The fourth-order valence-electron chi connectivity index (χ4n) is 1.26. The molecular weight excluding hydrogens is 225 g/mol. The van der Waals surface area contributed by atoms with Gasteiger partial charge in [-0.05, 0) is 29.8 Å². The Morgan fingerprint density at radius 1 is 1.31 bits per heavy atom. The first-order chi connectivity index (χ1) is 7.79. The number of rotatable bonds is 3. The van der Waals surface area contributed by atoms with Crippen LogP contribution in [0.4, 0.5) is 4.39 Å². The maximum atomic E-state index is 13.0. The molecule has 2 aromatic rings. The predicted molar refractivity (Wildman–Crippen MR) is 60.4 cm³/mol. The van der Waals surface area contributed by atoms with Crippen molar-refractivity contribution in [1.29, 1.82) is 0 Å². The van der Waals surface area contributed by atoms with E-state index in [1.165, 1.54) is 30.2 Å². The summed E-state index contributed by atoms with van der Waals surface area (Å²) in [6, 6.07) is 6.38. The van der Waals surface area contributed by atoms with Crippen LogP contribution in [-0.4, -0.2) is 9.97 Å². The van der Waals surface area contributed by atoms with Crippen LogP contribution < -0.4 is 5.73 Å². The van der Waals surface area contributed by atoms with Gasteiger partial charge in [-0.3, -0.25) is 0 Å². The van der Waals surface area contributed by atoms with Gasteiger partial charge in [-0.15, -0.1) is 0 Å². The first kappa shape index (κ1) is 11.0. The van der Waals surface area contributed by atoms with Crippen molar-refractivity contribution in [3.8, 4) is 0 Å². The maximum Gasteiger partial charge on any atom is 0.123 e. The highest BCUT2D eigenvalue weighted by Gasteiger charge is 2.05. The van der Waals surface area contributed by atoms with Crippen LogP contribution in [0.15, 0.2) is 46.7 Å². The van der Waals surface area contributed by atoms with Crippen molar-refractivity contribution >= 4 is 11.8 Å². The van der Waals surface area contributed by atoms with E-state index in [0.29, 0.717) is 6.54 Å². The second-order valence-corrected chi connectivity index (χ2v) is 4.17. The average molecular weight is 235 g/mol. The fourth-order valence-corrected chi connectivity index (χ4v) is 2.12. The molecule has 1 heterocycles. The van der Waals surface area contributed by atoms with Crippen molar-refractivity contribution in [1.82, 2.24) is 9.97 Å². The third-order valence-corrected chi connectivity index (χ3v) is 3.08. The van der Waals surface area contributed by atoms with Crippen molar-refractivity contribution < 1.29 is 4.39 Å². The van der Waals surface area contributed by atoms with Crippen molar-refractivity contribution in [2.45, 2.75) is 16.5 Å². The summed E-state index contributed by atoms with van der Waals surface area (Å²) in [5.41, 5.74) is 6.34. The number of aromatic nitrogens is 2. The molecule has 2 N–H and O–H groups in total. The number of hydrogen-bond donors (Lipinski definition) is 1. The minimum Gasteiger partial charge on any atom is -0.326 e. The highest BCUT2D eigenvalue weighted by molar-refractivity contribution is 7.99. The van der Waals surface area contributed by atoms with Gasteiger partial charge in [0.05, 0.1) is 0 Å². The molecule has 0 atom stereocenters. The Morgan fingerprint density at radius 2 is 2.19 bits per heavy atom. The van der Waals surface area contributed by atoms with Gasteiger partial charge in [0.2, 0.25) is 0 Å². The van der Waals surface area contributed by atoms with Crippen molar-refractivity contribution in [2.75, 3.05) is 0 Å². The lowest BCUT2D eigenvalue weighted by atomic mass is 10.2. The third kappa shape index (κ3) is 2.56. The van der Waals surface area contributed by atoms with E-state index in [1.807, 2.05) is 0 Å². The average Bonchev–Trinajstić information content (AvgIpc) is 2.33. The zero-order valence-electron chi connectivity index (χ0n) is 8.43. The second kappa shape index (κ2) is 5.05. The normalized spacial score (nSPS) is 10.4. The molecular formula is C11H10FN3S. The summed E-state index contributed by atoms with van der Waals surface area (Å²) in [5.74, 6) is -0.271. The van der Waals surface area contributed by atoms with Crippen LogP contribution in [0.2, 0.25) is 0 Å². The standard InChI is InChI=1S/C11H10FN3S/c12-9-1-2-10(8(5-9)6-13)16-11-3-4-14-7-15-11/h1-5,7H,6,13H2. The van der Waals surface area contributed by atoms with Crippen LogP contribution in [0.25, 0.3) is 0 Å². The molecule has 1 aromatic heterocycles. The van der Waals surface area contributed by atoms with Crippen LogP contribution in [0.1, 0.15) is 5.56 Å². The summed E-state index contributed by atoms with van der Waals surface area (Å²) in [4.78, 5) is 8.84. The van der Waals surface area contributed by atoms with Gasteiger partial charge in [0.1, 0.15) is 17.2 Å². The number of hydrogen-bond acceptors (Lipinski definition) is 4. The molecule has 3 nitrogen and oxygen atoms in total. The predicted octanol–water partition coefficient (Wildman–Crippen LogP) is 2.23. The summed E-state index contributed by atoms with van der Waals surface area (Å²) in [5, 5.41) is 0.816. The number of nitrogens with zero attached hydrogens (tertiary/aromatic N) is 2. The molecule has 16 heavy (non-hydrogen) atoms. The minimum absolute atomic E-state index is 0.271. The third-order valence-electron chi connectivity index (χ3n) is 2.01. The van der Waals surface area contributed by atoms with Crippen molar-refractivity contribution in [3.63, 3.8) is 0 Å². The van der Waals surface area contributed by atoms with E-state index in [9.17, 15) is 4.39 Å². The van der Waals surface area contributed by atoms with E-state index >= 15 is 0 Å². The van der Waals surface area contributed by atoms with Crippen LogP contribution in [0, 0.1) is 5.82 Å². The van der Waals surface area contributed by atoms with Gasteiger partial charge in [0.25, 0.3) is 0 Å². The molecule has 0 saturated carbocycles. The van der Waals surface area contributed by atoms with E-state index in [0.717, 1.165) is 15.5 Å². The molecule has 0 amide bonds. The molecule has 0 saturated heterocycles. The molecule has 0 fully saturated rings. The maximum absolute atomic E-state index is 13.0. The van der Waals surface area contributed by atoms with Gasteiger partial charge in [-0.25, -0.2) is 14.4 Å². The molecule has 82 valence electrons. The Labute approximate surface area is 96.9 Å². The quantitative estimate of drug-likeness (QED) is 0.829. The van der Waals surface area contributed by atoms with Gasteiger partial charge < -0.3 is 5.73 Å². The van der Waals surface area contributed by atoms with Crippen molar-refractivity contribution in [3.05, 3.63) is 48.2 Å². The van der Waals surface area contributed by atoms with Gasteiger partial charge in [0, 0.05) is 17.6 Å². The Morgan fingerprint density at radius 3 is 2.88 bits per heavy atom. The number of halogens is 1. The summed E-state index contributed by atoms with van der Waals surface area (Å²) in [6.45, 7) is 0.311. The SMILES string of the molecule is NCc1cc(F)ccc1Sc1ccncn1. The van der Waals surface area contributed by atoms with Gasteiger partial charge in [0.15, 0.2) is 0 Å². The lowest BCUT2D eigenvalue weighted by Crippen LogP contribution is -1.99. The number of benzene rings is 1. The lowest BCUT2D eigenvalue weighted by molar-refractivity contribution is 0.623. The van der Waals surface area contributed by atoms with E-state index in [-0.39, 0.29) is 5.82 Å². The van der Waals surface area contributed by atoms with Crippen LogP contribution in [0.3, 0.4) is 0 Å². The Balaban J connectivity index is 2.28. The summed E-state index contributed by atoms with van der Waals surface area (Å²) in [6.07, 6.45) is 3.15. The second-order valence-electron chi connectivity index (χ2n) is 3.11. The van der Waals surface area contributed by atoms with Crippen LogP contribution in [-0.2, 0) is 6.54 Å². The Kier molecular flexibility index (Phi) is 3.48. The summed E-state index contributed by atoms with van der Waals surface area (Å²) < 4.78 is 13.0. The minimum atomic E-state index is -0.271. The molecule has 0 unspecified atom stereocenters. The first-order valence-corrected chi connectivity index (χ1v) is 5.53. The van der Waals surface area contributed by atoms with Gasteiger partial charge in [-0.1, -0.05) is 11.8 Å². The lowest BCUT2D eigenvalue weighted by Gasteiger charge is -2.06. The Bertz CT molecular complexity index is 476. The molecule has 2 rings (SSSR count). The summed E-state index contributed by atoms with van der Waals surface area (Å²) >= 11 is 1.45. The van der Waals surface area contributed by atoms with Crippen LogP contribution in [0.5, 0.6) is 0 Å². The highest BCUT2D eigenvalue weighted by atomic mass is 32.2. The highest BCUT2D eigenvalue weighted by Crippen LogP contribution is 2.28.